The van der Waals surface area contributed by atoms with E-state index in [1.165, 1.54) is 66.7 Å². The van der Waals surface area contributed by atoms with Crippen LogP contribution in [0.2, 0.25) is 0 Å². The van der Waals surface area contributed by atoms with Crippen molar-refractivity contribution >= 4 is 40.1 Å². The lowest BCUT2D eigenvalue weighted by molar-refractivity contribution is 0.415. The van der Waals surface area contributed by atoms with Crippen molar-refractivity contribution in [1.29, 1.82) is 0 Å². The summed E-state index contributed by atoms with van der Waals surface area (Å²) >= 11 is 0. The molecule has 0 saturated carbocycles. The van der Waals surface area contributed by atoms with Gasteiger partial charge in [-0.1, -0.05) is 153 Å². The van der Waals surface area contributed by atoms with E-state index in [2.05, 4.69) is 232 Å². The number of hydrogen-bond acceptors (Lipinski definition) is 1. The van der Waals surface area contributed by atoms with Crippen LogP contribution in [-0.2, 0) is 11.0 Å². The summed E-state index contributed by atoms with van der Waals surface area (Å²) in [7, 11) is 0. The molecule has 1 heterocycles. The molecule has 1 aromatic heterocycles. The molecule has 1 aliphatic carbocycles. The molecule has 0 N–H and O–H groups in total. The first-order chi connectivity index (χ1) is 26.7. The van der Waals surface area contributed by atoms with Gasteiger partial charge in [-0.2, -0.15) is 0 Å². The van der Waals surface area contributed by atoms with Gasteiger partial charge in [-0.3, -0.25) is 0 Å². The van der Waals surface area contributed by atoms with Crippen molar-refractivity contribution in [2.75, 3.05) is 4.90 Å². The van der Waals surface area contributed by atoms with Crippen LogP contribution in [0.5, 0.6) is 0 Å². The lowest BCUT2D eigenvalue weighted by atomic mass is 9.81. The normalized spacial score (nSPS) is 13.3. The Morgan fingerprint density at radius 1 is 0.491 bits per heavy atom. The van der Waals surface area contributed by atoms with Gasteiger partial charge in [0.1, 0.15) is 0 Å². The van der Waals surface area contributed by atoms with Crippen molar-refractivity contribution in [2.24, 2.45) is 0 Å². The summed E-state index contributed by atoms with van der Waals surface area (Å²) in [5.74, 6) is 0. The Labute approximate surface area is 325 Å². The molecule has 2 nitrogen and oxygen atoms in total. The molecule has 0 aliphatic heterocycles. The largest absolute Gasteiger partial charge is 0.335 e. The van der Waals surface area contributed by atoms with E-state index in [1.807, 2.05) is 0 Å². The lowest BCUT2D eigenvalue weighted by Crippen LogP contribution is -2.23. The minimum atomic E-state index is -0.157. The van der Waals surface area contributed by atoms with Crippen LogP contribution in [0.4, 0.5) is 17.1 Å². The quantitative estimate of drug-likeness (QED) is 0.150. The van der Waals surface area contributed by atoms with Crippen LogP contribution in [0.3, 0.4) is 0 Å². The molecular weight excluding hydrogens is 665 g/mol. The number of hydrogen-bond donors (Lipinski definition) is 0. The molecule has 0 saturated heterocycles. The zero-order valence-electron chi connectivity index (χ0n) is 32.3. The van der Waals surface area contributed by atoms with Crippen LogP contribution in [0.25, 0.3) is 56.6 Å². The number of benzene rings is 7. The number of para-hydroxylation sites is 2. The Hall–Kier alpha value is -6.38. The molecule has 0 bridgehead atoms. The van der Waals surface area contributed by atoms with E-state index in [0.29, 0.717) is 0 Å². The molecule has 55 heavy (non-hydrogen) atoms. The first kappa shape index (κ1) is 34.4. The van der Waals surface area contributed by atoms with Gasteiger partial charge in [0.2, 0.25) is 0 Å². The third-order valence-corrected chi connectivity index (χ3v) is 11.2. The molecule has 0 radical (unpaired) electrons. The van der Waals surface area contributed by atoms with E-state index in [9.17, 15) is 0 Å². The monoisotopic (exact) mass is 710 g/mol. The van der Waals surface area contributed by atoms with Gasteiger partial charge in [-0.25, -0.2) is 0 Å². The van der Waals surface area contributed by atoms with Gasteiger partial charge in [0.05, 0.1) is 5.69 Å². The maximum Gasteiger partial charge on any atom is 0.0576 e. The molecule has 0 amide bonds. The Kier molecular flexibility index (Phi) is 8.43. The Balaban J connectivity index is 1.10. The summed E-state index contributed by atoms with van der Waals surface area (Å²) in [6, 6.07) is 63.8. The topological polar surface area (TPSA) is 8.17 Å². The van der Waals surface area contributed by atoms with Gasteiger partial charge >= 0.3 is 0 Å². The third-order valence-electron chi connectivity index (χ3n) is 11.2. The second-order valence-corrected chi connectivity index (χ2v) is 16.2. The molecule has 8 aromatic rings. The van der Waals surface area contributed by atoms with E-state index in [-0.39, 0.29) is 11.0 Å². The fourth-order valence-corrected chi connectivity index (χ4v) is 8.63. The molecule has 2 heteroatoms. The summed E-state index contributed by atoms with van der Waals surface area (Å²) in [5.41, 5.74) is 17.2. The van der Waals surface area contributed by atoms with Crippen molar-refractivity contribution in [3.63, 3.8) is 0 Å². The number of rotatable bonds is 7. The molecular formula is C53H46N2. The SMILES string of the molecule is CC1(C)c2cc(C=Cc3ccc(N(c4ccccc4)c4ccccc4)cc3)ccc2-c2cc3c(-c4ccccc4)c(-c4ccccc4)n(C(C)(C)C)c3cc21. The average molecular weight is 711 g/mol. The van der Waals surface area contributed by atoms with Crippen molar-refractivity contribution in [3.05, 3.63) is 198 Å². The van der Waals surface area contributed by atoms with E-state index in [1.54, 1.807) is 0 Å². The van der Waals surface area contributed by atoms with Crippen LogP contribution in [0.15, 0.2) is 176 Å². The number of aromatic nitrogens is 1. The minimum Gasteiger partial charge on any atom is -0.335 e. The molecule has 1 aliphatic rings. The van der Waals surface area contributed by atoms with Crippen molar-refractivity contribution in [3.8, 4) is 33.5 Å². The van der Waals surface area contributed by atoms with Crippen LogP contribution >= 0.6 is 0 Å². The highest BCUT2D eigenvalue weighted by atomic mass is 15.1. The summed E-state index contributed by atoms with van der Waals surface area (Å²) in [4.78, 5) is 2.30. The average Bonchev–Trinajstić information content (AvgIpc) is 3.67. The van der Waals surface area contributed by atoms with Gasteiger partial charge in [0.15, 0.2) is 0 Å². The Morgan fingerprint density at radius 2 is 0.982 bits per heavy atom. The maximum atomic E-state index is 2.58. The molecule has 9 rings (SSSR count). The molecule has 7 aromatic carbocycles. The molecule has 0 fully saturated rings. The molecule has 268 valence electrons. The summed E-state index contributed by atoms with van der Waals surface area (Å²) in [6.45, 7) is 11.8. The van der Waals surface area contributed by atoms with E-state index < -0.39 is 0 Å². The van der Waals surface area contributed by atoms with E-state index in [4.69, 9.17) is 0 Å². The summed E-state index contributed by atoms with van der Waals surface area (Å²) in [5, 5.41) is 1.30. The zero-order valence-corrected chi connectivity index (χ0v) is 32.3. The maximum absolute atomic E-state index is 2.58. The highest BCUT2D eigenvalue weighted by Crippen LogP contribution is 2.53. The van der Waals surface area contributed by atoms with Crippen LogP contribution in [0, 0.1) is 0 Å². The van der Waals surface area contributed by atoms with Gasteiger partial charge in [-0.05, 0) is 114 Å². The molecule has 0 unspecified atom stereocenters. The van der Waals surface area contributed by atoms with E-state index in [0.717, 1.165) is 17.1 Å². The van der Waals surface area contributed by atoms with Crippen molar-refractivity contribution in [1.82, 2.24) is 4.57 Å². The minimum absolute atomic E-state index is 0.141. The fourth-order valence-electron chi connectivity index (χ4n) is 8.63. The number of fused-ring (bicyclic) bond motifs is 4. The van der Waals surface area contributed by atoms with Crippen molar-refractivity contribution < 1.29 is 0 Å². The van der Waals surface area contributed by atoms with Crippen molar-refractivity contribution in [2.45, 2.75) is 45.6 Å². The first-order valence-electron chi connectivity index (χ1n) is 19.4. The van der Waals surface area contributed by atoms with Gasteiger partial charge in [-0.15, -0.1) is 0 Å². The fraction of sp³-hybridized carbons (Fsp3) is 0.132. The second kappa shape index (κ2) is 13.5. The van der Waals surface area contributed by atoms with Crippen LogP contribution < -0.4 is 4.90 Å². The Morgan fingerprint density at radius 3 is 1.56 bits per heavy atom. The van der Waals surface area contributed by atoms with Gasteiger partial charge in [0, 0.05) is 44.5 Å². The molecule has 0 atom stereocenters. The Bertz CT molecular complexity index is 2620. The van der Waals surface area contributed by atoms with E-state index >= 15 is 0 Å². The smallest absolute Gasteiger partial charge is 0.0576 e. The lowest BCUT2D eigenvalue weighted by Gasteiger charge is -2.27. The highest BCUT2D eigenvalue weighted by Gasteiger charge is 2.38. The van der Waals surface area contributed by atoms with Gasteiger partial charge < -0.3 is 9.47 Å². The predicted molar refractivity (Wildman–Crippen MR) is 235 cm³/mol. The second-order valence-electron chi connectivity index (χ2n) is 16.2. The summed E-state index contributed by atoms with van der Waals surface area (Å²) in [6.07, 6.45) is 4.48. The zero-order chi connectivity index (χ0) is 37.7. The third kappa shape index (κ3) is 6.09. The highest BCUT2D eigenvalue weighted by molar-refractivity contribution is 6.08. The first-order valence-corrected chi connectivity index (χ1v) is 19.4. The number of nitrogens with zero attached hydrogens (tertiary/aromatic N) is 2. The van der Waals surface area contributed by atoms with Crippen LogP contribution in [0.1, 0.15) is 56.9 Å². The standard InChI is InChI=1S/C53H46N2/c1-52(2,3)55-49-36-48-45(35-46(49)50(39-18-10-6-11-19-39)51(55)40-20-12-7-13-21-40)44-33-30-38(34-47(44)53(48,4)5)27-26-37-28-31-43(32-29-37)54(41-22-14-8-15-23-41)42-24-16-9-17-25-42/h6-36H,1-5H3. The summed E-state index contributed by atoms with van der Waals surface area (Å²) < 4.78 is 2.58. The van der Waals surface area contributed by atoms with Crippen LogP contribution in [-0.4, -0.2) is 4.57 Å². The molecule has 0 spiro atoms. The predicted octanol–water partition coefficient (Wildman–Crippen LogP) is 14.7. The van der Waals surface area contributed by atoms with Gasteiger partial charge in [0.25, 0.3) is 0 Å². The number of anilines is 3.